The molecular weight excluding hydrogens is 474 g/mol. The number of carbonyl (C=O) groups excluding carboxylic acids is 1. The average molecular weight is 534 g/mol. The Balaban J connectivity index is 2.17. The third kappa shape index (κ3) is 15.1. The van der Waals surface area contributed by atoms with Crippen molar-refractivity contribution < 1.29 is 9.90 Å². The van der Waals surface area contributed by atoms with Crippen LogP contribution in [0.15, 0.2) is 17.0 Å². The van der Waals surface area contributed by atoms with E-state index in [-0.39, 0.29) is 16.1 Å². The molecular formula is C33H59NO2S. The highest BCUT2D eigenvalue weighted by atomic mass is 32.2. The maximum absolute atomic E-state index is 12.6. The van der Waals surface area contributed by atoms with Crippen LogP contribution in [0.25, 0.3) is 0 Å². The molecule has 1 amide bonds. The maximum atomic E-state index is 12.6. The van der Waals surface area contributed by atoms with Crippen LogP contribution in [0.4, 0.5) is 4.79 Å². The summed E-state index contributed by atoms with van der Waals surface area (Å²) in [4.78, 5) is 13.5. The molecule has 0 heterocycles. The second kappa shape index (κ2) is 18.2. The third-order valence-corrected chi connectivity index (χ3v) is 8.01. The lowest BCUT2D eigenvalue weighted by molar-refractivity contribution is 0.260. The van der Waals surface area contributed by atoms with Crippen LogP contribution in [-0.4, -0.2) is 16.9 Å². The summed E-state index contributed by atoms with van der Waals surface area (Å²) in [6, 6.07) is 3.95. The van der Waals surface area contributed by atoms with Gasteiger partial charge in [0.2, 0.25) is 0 Å². The number of aromatic hydroxyl groups is 1. The number of carbonyl (C=O) groups is 1. The van der Waals surface area contributed by atoms with Crippen LogP contribution in [0.1, 0.15) is 162 Å². The topological polar surface area (TPSA) is 49.3 Å². The van der Waals surface area contributed by atoms with E-state index in [0.717, 1.165) is 29.0 Å². The molecule has 0 aromatic heterocycles. The summed E-state index contributed by atoms with van der Waals surface area (Å²) in [5, 5.41) is 13.9. The van der Waals surface area contributed by atoms with Crippen LogP contribution < -0.4 is 5.32 Å². The Hall–Kier alpha value is -1.16. The fraction of sp³-hybridized carbons (Fsp3) is 0.788. The first-order chi connectivity index (χ1) is 17.5. The summed E-state index contributed by atoms with van der Waals surface area (Å²) >= 11 is 1.24. The second-order valence-corrected chi connectivity index (χ2v) is 14.0. The van der Waals surface area contributed by atoms with E-state index in [1.54, 1.807) is 0 Å². The van der Waals surface area contributed by atoms with Crippen LogP contribution in [0.3, 0.4) is 0 Å². The molecule has 0 unspecified atom stereocenters. The standard InChI is InChI=1S/C33H59NO2S/c1-8-9-10-11-12-13-14-15-16-17-18-19-20-21-22-23-24-34-31(36)37-27-25-28(32(2,3)4)30(35)29(26-27)33(5,6)7/h25-26,35H,8-24H2,1-7H3,(H,34,36). The quantitative estimate of drug-likeness (QED) is 0.146. The molecule has 0 fully saturated rings. The Bertz CT molecular complexity index is 726. The largest absolute Gasteiger partial charge is 0.507 e. The Kier molecular flexibility index (Phi) is 16.6. The summed E-state index contributed by atoms with van der Waals surface area (Å²) in [6.45, 7) is 15.6. The van der Waals surface area contributed by atoms with Gasteiger partial charge < -0.3 is 10.4 Å². The number of benzene rings is 1. The molecule has 37 heavy (non-hydrogen) atoms. The number of rotatable bonds is 18. The van der Waals surface area contributed by atoms with Crippen LogP contribution in [-0.2, 0) is 10.8 Å². The number of unbranched alkanes of at least 4 members (excludes halogenated alkanes) is 15. The van der Waals surface area contributed by atoms with Crippen molar-refractivity contribution in [2.75, 3.05) is 6.54 Å². The number of hydrogen-bond acceptors (Lipinski definition) is 3. The van der Waals surface area contributed by atoms with Gasteiger partial charge in [-0.05, 0) is 41.1 Å². The molecule has 2 N–H and O–H groups in total. The minimum Gasteiger partial charge on any atom is -0.507 e. The van der Waals surface area contributed by atoms with Crippen LogP contribution in [0, 0.1) is 0 Å². The lowest BCUT2D eigenvalue weighted by Gasteiger charge is -2.28. The van der Waals surface area contributed by atoms with Gasteiger partial charge in [0.25, 0.3) is 5.24 Å². The number of hydrogen-bond donors (Lipinski definition) is 2. The summed E-state index contributed by atoms with van der Waals surface area (Å²) < 4.78 is 0. The van der Waals surface area contributed by atoms with Gasteiger partial charge in [-0.25, -0.2) is 0 Å². The van der Waals surface area contributed by atoms with Gasteiger partial charge in [-0.2, -0.15) is 0 Å². The van der Waals surface area contributed by atoms with Crippen molar-refractivity contribution in [1.29, 1.82) is 0 Å². The summed E-state index contributed by atoms with van der Waals surface area (Å²) in [5.74, 6) is 0.359. The molecule has 0 aliphatic heterocycles. The monoisotopic (exact) mass is 533 g/mol. The zero-order valence-electron chi connectivity index (χ0n) is 25.4. The second-order valence-electron chi connectivity index (χ2n) is 13.0. The predicted molar refractivity (Wildman–Crippen MR) is 164 cm³/mol. The normalized spacial score (nSPS) is 12.2. The number of nitrogens with one attached hydrogen (secondary N) is 1. The van der Waals surface area contributed by atoms with Crippen molar-refractivity contribution in [3.05, 3.63) is 23.3 Å². The Labute approximate surface area is 234 Å². The SMILES string of the molecule is CCCCCCCCCCCCCCCCCCNC(=O)Sc1cc(C(C)(C)C)c(O)c(C(C)(C)C)c1. The molecule has 0 bridgehead atoms. The van der Waals surface area contributed by atoms with E-state index in [4.69, 9.17) is 0 Å². The Morgan fingerprint density at radius 3 is 1.38 bits per heavy atom. The molecule has 1 aromatic carbocycles. The predicted octanol–water partition coefficient (Wildman–Crippen LogP) is 11.1. The van der Waals surface area contributed by atoms with Crippen LogP contribution >= 0.6 is 11.8 Å². The summed E-state index contributed by atoms with van der Waals surface area (Å²) in [5.41, 5.74) is 1.41. The molecule has 0 aliphatic carbocycles. The highest BCUT2D eigenvalue weighted by Gasteiger charge is 2.27. The molecule has 0 saturated heterocycles. The summed E-state index contributed by atoms with van der Waals surface area (Å²) in [6.07, 6.45) is 21.7. The van der Waals surface area contributed by atoms with Crippen LogP contribution in [0.5, 0.6) is 5.75 Å². The molecule has 4 heteroatoms. The van der Waals surface area contributed by atoms with Gasteiger partial charge in [0.15, 0.2) is 0 Å². The van der Waals surface area contributed by atoms with Crippen LogP contribution in [0.2, 0.25) is 0 Å². The van der Waals surface area contributed by atoms with E-state index >= 15 is 0 Å². The molecule has 1 rings (SSSR count). The fourth-order valence-corrected chi connectivity index (χ4v) is 5.56. The first-order valence-corrected chi connectivity index (χ1v) is 16.1. The Morgan fingerprint density at radius 2 is 1.03 bits per heavy atom. The van der Waals surface area contributed by atoms with Gasteiger partial charge in [0.05, 0.1) is 0 Å². The smallest absolute Gasteiger partial charge is 0.283 e. The van der Waals surface area contributed by atoms with E-state index in [1.165, 1.54) is 108 Å². The van der Waals surface area contributed by atoms with Crippen molar-refractivity contribution >= 4 is 17.0 Å². The minimum absolute atomic E-state index is 0.00799. The summed E-state index contributed by atoms with van der Waals surface area (Å²) in [7, 11) is 0. The number of amides is 1. The third-order valence-electron chi connectivity index (χ3n) is 7.21. The molecule has 0 aliphatic rings. The minimum atomic E-state index is -0.190. The lowest BCUT2D eigenvalue weighted by atomic mass is 9.79. The van der Waals surface area contributed by atoms with Gasteiger partial charge in [0, 0.05) is 22.6 Å². The van der Waals surface area contributed by atoms with Crippen molar-refractivity contribution in [3.8, 4) is 5.75 Å². The van der Waals surface area contributed by atoms with Gasteiger partial charge in [-0.3, -0.25) is 4.79 Å². The number of phenols is 1. The van der Waals surface area contributed by atoms with Gasteiger partial charge in [0.1, 0.15) is 5.75 Å². The van der Waals surface area contributed by atoms with E-state index in [2.05, 4.69) is 53.8 Å². The molecule has 0 spiro atoms. The van der Waals surface area contributed by atoms with Gasteiger partial charge >= 0.3 is 0 Å². The van der Waals surface area contributed by atoms with Crippen molar-refractivity contribution in [3.63, 3.8) is 0 Å². The van der Waals surface area contributed by atoms with Crippen molar-refractivity contribution in [2.24, 2.45) is 0 Å². The molecule has 3 nitrogen and oxygen atoms in total. The van der Waals surface area contributed by atoms with Gasteiger partial charge in [-0.1, -0.05) is 145 Å². The lowest BCUT2D eigenvalue weighted by Crippen LogP contribution is -2.20. The number of phenolic OH excluding ortho intramolecular Hbond substituents is 1. The molecule has 214 valence electrons. The average Bonchev–Trinajstić information content (AvgIpc) is 2.80. The highest BCUT2D eigenvalue weighted by molar-refractivity contribution is 8.13. The molecule has 1 aromatic rings. The van der Waals surface area contributed by atoms with Crippen molar-refractivity contribution in [1.82, 2.24) is 5.32 Å². The zero-order valence-corrected chi connectivity index (χ0v) is 26.3. The highest BCUT2D eigenvalue weighted by Crippen LogP contribution is 2.41. The van der Waals surface area contributed by atoms with E-state index in [0.29, 0.717) is 5.75 Å². The first-order valence-electron chi connectivity index (χ1n) is 15.3. The molecule has 0 atom stereocenters. The number of thioether (sulfide) groups is 1. The Morgan fingerprint density at radius 1 is 0.676 bits per heavy atom. The van der Waals surface area contributed by atoms with Crippen molar-refractivity contribution in [2.45, 2.75) is 167 Å². The molecule has 0 saturated carbocycles. The van der Waals surface area contributed by atoms with E-state index < -0.39 is 0 Å². The fourth-order valence-electron chi connectivity index (χ4n) is 4.82. The maximum Gasteiger partial charge on any atom is 0.283 e. The first kappa shape index (κ1) is 33.9. The molecule has 0 radical (unpaired) electrons. The van der Waals surface area contributed by atoms with E-state index in [9.17, 15) is 9.90 Å². The zero-order chi connectivity index (χ0) is 27.7. The van der Waals surface area contributed by atoms with Gasteiger partial charge in [-0.15, -0.1) is 0 Å². The van der Waals surface area contributed by atoms with E-state index in [1.807, 2.05) is 12.1 Å².